The van der Waals surface area contributed by atoms with E-state index in [9.17, 15) is 26.3 Å². The number of benzene rings is 3. The molecule has 0 spiro atoms. The number of ether oxygens (including phenoxy) is 1. The van der Waals surface area contributed by atoms with E-state index < -0.39 is 29.6 Å². The third kappa shape index (κ3) is 4.55. The zero-order valence-electron chi connectivity index (χ0n) is 13.3. The van der Waals surface area contributed by atoms with Gasteiger partial charge in [-0.05, 0) is 69.6 Å². The summed E-state index contributed by atoms with van der Waals surface area (Å²) in [4.78, 5) is 0. The SMILES string of the molecule is Fc1cc(-c2ccc(I)cc2)ccc1-c1cc(F)c(OC(F)(F)F)c(F)c1. The van der Waals surface area contributed by atoms with Crippen LogP contribution in [0, 0.1) is 21.0 Å². The van der Waals surface area contributed by atoms with E-state index in [1.54, 1.807) is 18.2 Å². The Bertz CT molecular complexity index is 959. The summed E-state index contributed by atoms with van der Waals surface area (Å²) in [6, 6.07) is 12.5. The van der Waals surface area contributed by atoms with E-state index >= 15 is 0 Å². The van der Waals surface area contributed by atoms with Crippen molar-refractivity contribution >= 4 is 22.6 Å². The molecule has 0 unspecified atom stereocenters. The lowest BCUT2D eigenvalue weighted by molar-refractivity contribution is -0.276. The fourth-order valence-electron chi connectivity index (χ4n) is 2.50. The molecule has 0 radical (unpaired) electrons. The Morgan fingerprint density at radius 1 is 0.667 bits per heavy atom. The molecular weight excluding hydrogens is 485 g/mol. The number of rotatable bonds is 3. The van der Waals surface area contributed by atoms with Crippen LogP contribution in [0.15, 0.2) is 54.6 Å². The van der Waals surface area contributed by atoms with E-state index in [2.05, 4.69) is 27.3 Å². The maximum atomic E-state index is 14.5. The molecule has 0 heterocycles. The van der Waals surface area contributed by atoms with E-state index in [1.807, 2.05) is 12.1 Å². The Hall–Kier alpha value is -2.23. The largest absolute Gasteiger partial charge is 0.573 e. The zero-order chi connectivity index (χ0) is 19.8. The number of halogens is 7. The Labute approximate surface area is 163 Å². The van der Waals surface area contributed by atoms with Crippen molar-refractivity contribution in [2.45, 2.75) is 6.36 Å². The van der Waals surface area contributed by atoms with E-state index in [4.69, 9.17) is 0 Å². The predicted octanol–water partition coefficient (Wildman–Crippen LogP) is 6.94. The van der Waals surface area contributed by atoms with Gasteiger partial charge in [-0.1, -0.05) is 24.3 Å². The molecule has 0 saturated heterocycles. The van der Waals surface area contributed by atoms with Crippen LogP contribution in [0.3, 0.4) is 0 Å². The number of hydrogen-bond donors (Lipinski definition) is 0. The third-order valence-corrected chi connectivity index (χ3v) is 4.39. The van der Waals surface area contributed by atoms with Crippen LogP contribution in [0.25, 0.3) is 22.3 Å². The normalized spacial score (nSPS) is 11.5. The third-order valence-electron chi connectivity index (χ3n) is 3.67. The molecule has 0 aliphatic rings. The molecule has 3 rings (SSSR count). The molecule has 1 nitrogen and oxygen atoms in total. The van der Waals surface area contributed by atoms with Gasteiger partial charge < -0.3 is 4.74 Å². The van der Waals surface area contributed by atoms with Crippen LogP contribution in [-0.2, 0) is 0 Å². The Morgan fingerprint density at radius 2 is 1.19 bits per heavy atom. The lowest BCUT2D eigenvalue weighted by Crippen LogP contribution is -2.19. The Kier molecular flexibility index (Phi) is 5.36. The van der Waals surface area contributed by atoms with Gasteiger partial charge in [0.25, 0.3) is 0 Å². The van der Waals surface area contributed by atoms with Crippen molar-refractivity contribution in [1.29, 1.82) is 0 Å². The first-order valence-corrected chi connectivity index (χ1v) is 8.52. The van der Waals surface area contributed by atoms with Gasteiger partial charge in [-0.25, -0.2) is 13.2 Å². The first-order valence-electron chi connectivity index (χ1n) is 7.45. The molecule has 0 aliphatic heterocycles. The van der Waals surface area contributed by atoms with E-state index in [1.165, 1.54) is 12.1 Å². The van der Waals surface area contributed by atoms with Crippen LogP contribution in [0.4, 0.5) is 26.3 Å². The van der Waals surface area contributed by atoms with Crippen LogP contribution < -0.4 is 4.74 Å². The van der Waals surface area contributed by atoms with Gasteiger partial charge in [0.2, 0.25) is 5.75 Å². The summed E-state index contributed by atoms with van der Waals surface area (Å²) in [7, 11) is 0. The van der Waals surface area contributed by atoms with Gasteiger partial charge in [-0.2, -0.15) is 0 Å². The van der Waals surface area contributed by atoms with E-state index in [0.717, 1.165) is 9.13 Å². The van der Waals surface area contributed by atoms with Gasteiger partial charge in [0.15, 0.2) is 11.6 Å². The minimum absolute atomic E-state index is 0.152. The Balaban J connectivity index is 1.98. The molecule has 0 amide bonds. The lowest BCUT2D eigenvalue weighted by atomic mass is 9.99. The van der Waals surface area contributed by atoms with Crippen LogP contribution in [0.1, 0.15) is 0 Å². The maximum Gasteiger partial charge on any atom is 0.573 e. The van der Waals surface area contributed by atoms with Crippen LogP contribution >= 0.6 is 22.6 Å². The molecule has 0 aliphatic carbocycles. The van der Waals surface area contributed by atoms with Gasteiger partial charge in [0.05, 0.1) is 0 Å². The van der Waals surface area contributed by atoms with Crippen LogP contribution in [0.5, 0.6) is 5.75 Å². The quantitative estimate of drug-likeness (QED) is 0.283. The summed E-state index contributed by atoms with van der Waals surface area (Å²) in [6.07, 6.45) is -5.25. The standard InChI is InChI=1S/C19H9F6IO/c20-15-7-11(10-1-4-13(26)5-2-10)3-6-14(15)12-8-16(21)18(17(22)9-12)27-19(23,24)25/h1-9H. The molecule has 27 heavy (non-hydrogen) atoms. The summed E-state index contributed by atoms with van der Waals surface area (Å²) in [5, 5.41) is 0. The zero-order valence-corrected chi connectivity index (χ0v) is 15.4. The summed E-state index contributed by atoms with van der Waals surface area (Å²) in [6.45, 7) is 0. The van der Waals surface area contributed by atoms with Crippen molar-refractivity contribution < 1.29 is 31.1 Å². The monoisotopic (exact) mass is 494 g/mol. The predicted molar refractivity (Wildman–Crippen MR) is 96.6 cm³/mol. The van der Waals surface area contributed by atoms with Crippen molar-refractivity contribution in [2.75, 3.05) is 0 Å². The Morgan fingerprint density at radius 3 is 1.70 bits per heavy atom. The summed E-state index contributed by atoms with van der Waals surface area (Å²) < 4.78 is 83.1. The second kappa shape index (κ2) is 7.41. The van der Waals surface area contributed by atoms with E-state index in [0.29, 0.717) is 17.7 Å². The molecular formula is C19H9F6IO. The minimum Gasteiger partial charge on any atom is -0.399 e. The molecule has 140 valence electrons. The topological polar surface area (TPSA) is 9.23 Å². The second-order valence-corrected chi connectivity index (χ2v) is 6.76. The molecule has 0 aromatic heterocycles. The molecule has 0 N–H and O–H groups in total. The highest BCUT2D eigenvalue weighted by Gasteiger charge is 2.34. The lowest BCUT2D eigenvalue weighted by Gasteiger charge is -2.12. The minimum atomic E-state index is -5.25. The average molecular weight is 494 g/mol. The van der Waals surface area contributed by atoms with Gasteiger partial charge in [0.1, 0.15) is 5.82 Å². The highest BCUT2D eigenvalue weighted by molar-refractivity contribution is 14.1. The first-order chi connectivity index (χ1) is 12.6. The van der Waals surface area contributed by atoms with Crippen molar-refractivity contribution in [3.63, 3.8) is 0 Å². The average Bonchev–Trinajstić information content (AvgIpc) is 2.58. The fourth-order valence-corrected chi connectivity index (χ4v) is 2.86. The number of alkyl halides is 3. The molecule has 3 aromatic carbocycles. The van der Waals surface area contributed by atoms with Gasteiger partial charge in [-0.3, -0.25) is 0 Å². The second-order valence-electron chi connectivity index (χ2n) is 5.52. The van der Waals surface area contributed by atoms with E-state index in [-0.39, 0.29) is 11.1 Å². The molecule has 0 atom stereocenters. The smallest absolute Gasteiger partial charge is 0.399 e. The first kappa shape index (κ1) is 19.5. The molecule has 0 fully saturated rings. The highest BCUT2D eigenvalue weighted by Crippen LogP contribution is 2.34. The van der Waals surface area contributed by atoms with Gasteiger partial charge in [-0.15, -0.1) is 13.2 Å². The fraction of sp³-hybridized carbons (Fsp3) is 0.0526. The summed E-state index contributed by atoms with van der Waals surface area (Å²) in [5.74, 6) is -5.51. The van der Waals surface area contributed by atoms with Crippen molar-refractivity contribution in [2.24, 2.45) is 0 Å². The van der Waals surface area contributed by atoms with Crippen molar-refractivity contribution in [1.82, 2.24) is 0 Å². The molecule has 8 heteroatoms. The summed E-state index contributed by atoms with van der Waals surface area (Å²) in [5.41, 5.74) is 0.893. The van der Waals surface area contributed by atoms with Gasteiger partial charge in [0, 0.05) is 9.13 Å². The van der Waals surface area contributed by atoms with Crippen LogP contribution in [-0.4, -0.2) is 6.36 Å². The molecule has 0 bridgehead atoms. The van der Waals surface area contributed by atoms with Gasteiger partial charge >= 0.3 is 6.36 Å². The van der Waals surface area contributed by atoms with Crippen LogP contribution in [0.2, 0.25) is 0 Å². The molecule has 0 saturated carbocycles. The maximum absolute atomic E-state index is 14.5. The van der Waals surface area contributed by atoms with Crippen molar-refractivity contribution in [3.05, 3.63) is 75.6 Å². The molecule has 3 aromatic rings. The number of hydrogen-bond acceptors (Lipinski definition) is 1. The highest BCUT2D eigenvalue weighted by atomic mass is 127. The summed E-state index contributed by atoms with van der Waals surface area (Å²) >= 11 is 2.13. The van der Waals surface area contributed by atoms with Crippen molar-refractivity contribution in [3.8, 4) is 28.0 Å².